The second-order valence-electron chi connectivity index (χ2n) is 3.77. The minimum Gasteiger partial charge on any atom is -0.381 e. The first kappa shape index (κ1) is 12.2. The number of hydrogen-bond donors (Lipinski definition) is 0. The molecule has 5 heteroatoms. The van der Waals surface area contributed by atoms with Gasteiger partial charge in [-0.1, -0.05) is 0 Å². The molecular formula is C11H13BrO3S. The highest BCUT2D eigenvalue weighted by Gasteiger charge is 2.16. The zero-order valence-electron chi connectivity index (χ0n) is 8.78. The van der Waals surface area contributed by atoms with Crippen LogP contribution >= 0.6 is 27.3 Å². The highest BCUT2D eigenvalue weighted by Crippen LogP contribution is 2.22. The Morgan fingerprint density at radius 3 is 3.12 bits per heavy atom. The van der Waals surface area contributed by atoms with Gasteiger partial charge < -0.3 is 9.47 Å². The Kier molecular flexibility index (Phi) is 4.52. The van der Waals surface area contributed by atoms with Crippen LogP contribution in [0.25, 0.3) is 0 Å². The minimum atomic E-state index is 0.0506. The lowest BCUT2D eigenvalue weighted by Gasteiger charge is -2.07. The van der Waals surface area contributed by atoms with Crippen LogP contribution in [0, 0.1) is 5.92 Å². The second kappa shape index (κ2) is 5.91. The van der Waals surface area contributed by atoms with E-state index in [0.29, 0.717) is 12.5 Å². The molecular weight excluding hydrogens is 292 g/mol. The Bertz CT molecular complexity index is 358. The summed E-state index contributed by atoms with van der Waals surface area (Å²) in [6.45, 7) is 2.38. The molecule has 88 valence electrons. The van der Waals surface area contributed by atoms with Gasteiger partial charge in [0.1, 0.15) is 6.61 Å². The molecule has 0 spiro atoms. The molecule has 1 aliphatic rings. The Balaban J connectivity index is 1.71. The van der Waals surface area contributed by atoms with Crippen molar-refractivity contribution in [3.05, 3.63) is 20.8 Å². The number of ether oxygens (including phenoxy) is 2. The summed E-state index contributed by atoms with van der Waals surface area (Å²) >= 11 is 4.77. The molecule has 0 N–H and O–H groups in total. The topological polar surface area (TPSA) is 35.5 Å². The summed E-state index contributed by atoms with van der Waals surface area (Å²) in [5.41, 5.74) is 0. The molecule has 0 amide bonds. The number of halogens is 1. The van der Waals surface area contributed by atoms with Gasteiger partial charge in [0.2, 0.25) is 0 Å². The summed E-state index contributed by atoms with van der Waals surface area (Å²) in [6, 6.07) is 3.70. The zero-order valence-corrected chi connectivity index (χ0v) is 11.2. The molecule has 1 unspecified atom stereocenters. The van der Waals surface area contributed by atoms with Gasteiger partial charge in [0.05, 0.1) is 21.9 Å². The maximum Gasteiger partial charge on any atom is 0.198 e. The SMILES string of the molecule is O=C(COCC1CCOC1)c1ccc(Br)s1. The van der Waals surface area contributed by atoms with E-state index >= 15 is 0 Å². The van der Waals surface area contributed by atoms with Crippen molar-refractivity contribution in [2.24, 2.45) is 5.92 Å². The molecule has 1 atom stereocenters. The lowest BCUT2D eigenvalue weighted by atomic mass is 10.1. The lowest BCUT2D eigenvalue weighted by Crippen LogP contribution is -2.14. The van der Waals surface area contributed by atoms with E-state index in [-0.39, 0.29) is 12.4 Å². The summed E-state index contributed by atoms with van der Waals surface area (Å²) in [4.78, 5) is 12.4. The Labute approximate surface area is 107 Å². The van der Waals surface area contributed by atoms with Crippen LogP contribution in [0.3, 0.4) is 0 Å². The monoisotopic (exact) mass is 304 g/mol. The van der Waals surface area contributed by atoms with Crippen LogP contribution < -0.4 is 0 Å². The predicted octanol–water partition coefficient (Wildman–Crippen LogP) is 2.75. The van der Waals surface area contributed by atoms with Crippen LogP contribution in [0.4, 0.5) is 0 Å². The van der Waals surface area contributed by atoms with Gasteiger partial charge in [-0.2, -0.15) is 0 Å². The summed E-state index contributed by atoms with van der Waals surface area (Å²) in [5.74, 6) is 0.512. The number of ketones is 1. The molecule has 2 heterocycles. The molecule has 0 radical (unpaired) electrons. The first-order valence-corrected chi connectivity index (χ1v) is 6.80. The third-order valence-electron chi connectivity index (χ3n) is 2.46. The van der Waals surface area contributed by atoms with Crippen molar-refractivity contribution in [1.82, 2.24) is 0 Å². The smallest absolute Gasteiger partial charge is 0.198 e. The van der Waals surface area contributed by atoms with Gasteiger partial charge in [0.15, 0.2) is 5.78 Å². The van der Waals surface area contributed by atoms with Crippen LogP contribution in [-0.2, 0) is 9.47 Å². The van der Waals surface area contributed by atoms with Crippen LogP contribution in [-0.4, -0.2) is 32.2 Å². The maximum atomic E-state index is 11.7. The predicted molar refractivity (Wildman–Crippen MR) is 66.1 cm³/mol. The fourth-order valence-electron chi connectivity index (χ4n) is 1.57. The summed E-state index contributed by atoms with van der Waals surface area (Å²) in [5, 5.41) is 0. The van der Waals surface area contributed by atoms with Gasteiger partial charge in [-0.25, -0.2) is 0 Å². The Morgan fingerprint density at radius 1 is 1.62 bits per heavy atom. The third kappa shape index (κ3) is 3.38. The van der Waals surface area contributed by atoms with Gasteiger partial charge >= 0.3 is 0 Å². The first-order valence-electron chi connectivity index (χ1n) is 5.20. The summed E-state index contributed by atoms with van der Waals surface area (Å²) in [6.07, 6.45) is 1.04. The molecule has 2 rings (SSSR count). The van der Waals surface area contributed by atoms with Gasteiger partial charge in [0, 0.05) is 12.5 Å². The third-order valence-corrected chi connectivity index (χ3v) is 4.12. The number of carbonyl (C=O) groups excluding carboxylic acids is 1. The molecule has 0 aliphatic carbocycles. The second-order valence-corrected chi connectivity index (χ2v) is 6.23. The molecule has 0 saturated carbocycles. The summed E-state index contributed by atoms with van der Waals surface area (Å²) in [7, 11) is 0. The molecule has 16 heavy (non-hydrogen) atoms. The molecule has 1 aromatic rings. The van der Waals surface area contributed by atoms with Gasteiger partial charge in [-0.05, 0) is 34.5 Å². The molecule has 1 fully saturated rings. The molecule has 0 bridgehead atoms. The van der Waals surface area contributed by atoms with Crippen LogP contribution in [0.1, 0.15) is 16.1 Å². The number of thiophene rings is 1. The van der Waals surface area contributed by atoms with E-state index in [4.69, 9.17) is 9.47 Å². The lowest BCUT2D eigenvalue weighted by molar-refractivity contribution is 0.0655. The van der Waals surface area contributed by atoms with Crippen molar-refractivity contribution in [2.45, 2.75) is 6.42 Å². The molecule has 0 aromatic carbocycles. The number of Topliss-reactive ketones (excluding diaryl/α,β-unsaturated/α-hetero) is 1. The van der Waals surface area contributed by atoms with Gasteiger partial charge in [0.25, 0.3) is 0 Å². The zero-order chi connectivity index (χ0) is 11.4. The van der Waals surface area contributed by atoms with Crippen molar-refractivity contribution in [2.75, 3.05) is 26.4 Å². The highest BCUT2D eigenvalue weighted by molar-refractivity contribution is 9.11. The minimum absolute atomic E-state index is 0.0506. The first-order chi connectivity index (χ1) is 7.75. The molecule has 1 aromatic heterocycles. The van der Waals surface area contributed by atoms with Crippen molar-refractivity contribution in [3.8, 4) is 0 Å². The standard InChI is InChI=1S/C11H13BrO3S/c12-11-2-1-10(16-11)9(13)7-15-6-8-3-4-14-5-8/h1-2,8H,3-7H2. The normalized spacial score (nSPS) is 20.2. The van der Waals surface area contributed by atoms with E-state index in [1.807, 2.05) is 12.1 Å². The van der Waals surface area contributed by atoms with Gasteiger partial charge in [-0.3, -0.25) is 4.79 Å². The largest absolute Gasteiger partial charge is 0.381 e. The van der Waals surface area contributed by atoms with E-state index in [9.17, 15) is 4.79 Å². The number of rotatable bonds is 5. The van der Waals surface area contributed by atoms with E-state index in [2.05, 4.69) is 15.9 Å². The van der Waals surface area contributed by atoms with E-state index < -0.39 is 0 Å². The summed E-state index contributed by atoms with van der Waals surface area (Å²) < 4.78 is 11.6. The number of carbonyl (C=O) groups is 1. The van der Waals surface area contributed by atoms with Crippen molar-refractivity contribution in [1.29, 1.82) is 0 Å². The fourth-order valence-corrected chi connectivity index (χ4v) is 2.88. The molecule has 3 nitrogen and oxygen atoms in total. The van der Waals surface area contributed by atoms with Gasteiger partial charge in [-0.15, -0.1) is 11.3 Å². The molecule has 1 aliphatic heterocycles. The van der Waals surface area contributed by atoms with E-state index in [1.165, 1.54) is 11.3 Å². The number of hydrogen-bond acceptors (Lipinski definition) is 4. The van der Waals surface area contributed by atoms with Crippen molar-refractivity contribution < 1.29 is 14.3 Å². The van der Waals surface area contributed by atoms with E-state index in [1.54, 1.807) is 0 Å². The molecule has 1 saturated heterocycles. The fraction of sp³-hybridized carbons (Fsp3) is 0.545. The Morgan fingerprint density at radius 2 is 2.50 bits per heavy atom. The van der Waals surface area contributed by atoms with Crippen molar-refractivity contribution >= 4 is 33.0 Å². The maximum absolute atomic E-state index is 11.7. The van der Waals surface area contributed by atoms with Crippen LogP contribution in [0.5, 0.6) is 0 Å². The average molecular weight is 305 g/mol. The average Bonchev–Trinajstić information content (AvgIpc) is 2.89. The van der Waals surface area contributed by atoms with Crippen LogP contribution in [0.2, 0.25) is 0 Å². The Hall–Kier alpha value is -0.230. The van der Waals surface area contributed by atoms with E-state index in [0.717, 1.165) is 28.3 Å². The van der Waals surface area contributed by atoms with Crippen molar-refractivity contribution in [3.63, 3.8) is 0 Å². The highest BCUT2D eigenvalue weighted by atomic mass is 79.9. The quantitative estimate of drug-likeness (QED) is 0.785. The van der Waals surface area contributed by atoms with Crippen LogP contribution in [0.15, 0.2) is 15.9 Å².